The Balaban J connectivity index is 0.000000181. The molecule has 4 aromatic carbocycles. The molecule has 7 nitrogen and oxygen atoms in total. The molecule has 8 heteroatoms. The Bertz CT molecular complexity index is 1690. The van der Waals surface area contributed by atoms with E-state index >= 15 is 0 Å². The van der Waals surface area contributed by atoms with E-state index in [0.717, 1.165) is 49.4 Å². The van der Waals surface area contributed by atoms with Crippen molar-refractivity contribution in [2.75, 3.05) is 0 Å². The summed E-state index contributed by atoms with van der Waals surface area (Å²) in [5, 5.41) is 20.2. The number of hydrogen-bond acceptors (Lipinski definition) is 5. The van der Waals surface area contributed by atoms with E-state index in [-0.39, 0.29) is 11.4 Å². The third-order valence-electron chi connectivity index (χ3n) is 7.49. The summed E-state index contributed by atoms with van der Waals surface area (Å²) in [5.41, 5.74) is 7.74. The van der Waals surface area contributed by atoms with E-state index in [1.807, 2.05) is 36.4 Å². The minimum Gasteiger partial charge on any atom is -0.477 e. The molecule has 6 aromatic rings. The number of carboxylic acid groups (broad SMARTS) is 2. The van der Waals surface area contributed by atoms with Crippen LogP contribution in [-0.2, 0) is 25.7 Å². The molecule has 6 rings (SSSR count). The van der Waals surface area contributed by atoms with Crippen molar-refractivity contribution in [2.24, 2.45) is 0 Å². The van der Waals surface area contributed by atoms with Crippen LogP contribution >= 0.6 is 11.3 Å². The molecule has 0 aliphatic carbocycles. The smallest absolute Gasteiger partial charge is 0.355 e. The summed E-state index contributed by atoms with van der Waals surface area (Å²) in [7, 11) is 0. The number of aromatic nitrogens is 3. The minimum absolute atomic E-state index is 0.146. The van der Waals surface area contributed by atoms with Gasteiger partial charge in [0.1, 0.15) is 11.5 Å². The highest BCUT2D eigenvalue weighted by Gasteiger charge is 2.09. The maximum atomic E-state index is 10.8. The van der Waals surface area contributed by atoms with Crippen LogP contribution in [0.15, 0.2) is 121 Å². The number of carboxylic acids is 2. The molecule has 46 heavy (non-hydrogen) atoms. The first-order valence-electron chi connectivity index (χ1n) is 15.2. The van der Waals surface area contributed by atoms with Crippen molar-refractivity contribution in [1.29, 1.82) is 0 Å². The highest BCUT2D eigenvalue weighted by atomic mass is 32.1. The number of nitrogens with one attached hydrogen (secondary N) is 1. The van der Waals surface area contributed by atoms with Crippen LogP contribution in [-0.4, -0.2) is 37.1 Å². The summed E-state index contributed by atoms with van der Waals surface area (Å²) >= 11 is 1.42. The van der Waals surface area contributed by atoms with Gasteiger partial charge in [0.05, 0.1) is 11.2 Å². The third-order valence-corrected chi connectivity index (χ3v) is 8.40. The van der Waals surface area contributed by atoms with E-state index in [4.69, 9.17) is 10.2 Å². The van der Waals surface area contributed by atoms with Gasteiger partial charge < -0.3 is 15.2 Å². The molecular formula is C38H35N3O4S. The number of hydrogen-bond donors (Lipinski definition) is 3. The van der Waals surface area contributed by atoms with Crippen molar-refractivity contribution in [3.8, 4) is 22.3 Å². The van der Waals surface area contributed by atoms with Gasteiger partial charge in [-0.3, -0.25) is 0 Å². The Labute approximate surface area is 272 Å². The number of aromatic amines is 1. The Kier molecular flexibility index (Phi) is 11.2. The van der Waals surface area contributed by atoms with E-state index in [1.54, 1.807) is 5.38 Å². The van der Waals surface area contributed by atoms with Crippen molar-refractivity contribution in [1.82, 2.24) is 15.0 Å². The highest BCUT2D eigenvalue weighted by Crippen LogP contribution is 2.21. The fraction of sp³-hybridized carbons (Fsp3) is 0.158. The van der Waals surface area contributed by atoms with Crippen LogP contribution in [0.4, 0.5) is 0 Å². The molecule has 0 atom stereocenters. The molecule has 2 aromatic heterocycles. The van der Waals surface area contributed by atoms with E-state index in [2.05, 4.69) is 87.7 Å². The number of H-pyrrole nitrogens is 1. The molecule has 0 fully saturated rings. The van der Waals surface area contributed by atoms with Crippen molar-refractivity contribution in [2.45, 2.75) is 38.5 Å². The molecule has 0 amide bonds. The van der Waals surface area contributed by atoms with E-state index in [0.29, 0.717) is 0 Å². The third kappa shape index (κ3) is 9.33. The standard InChI is InChI=1S/C19H18N2O2.C19H17NO2S/c22-19(23)17-13-20-18(21-17)8-4-5-14-9-11-16(12-10-14)15-6-2-1-3-7-15;21-19(22)17-13-23-18(20-17)8-4-5-14-9-11-16(12-10-14)15-6-2-1-3-7-15/h1-3,6-7,9-13H,4-5,8H2,(H,20,21)(H,22,23);1-3,6-7,9-13H,4-5,8H2,(H,21,22). The molecule has 0 unspecified atom stereocenters. The van der Waals surface area contributed by atoms with Gasteiger partial charge in [-0.15, -0.1) is 11.3 Å². The van der Waals surface area contributed by atoms with Gasteiger partial charge in [0, 0.05) is 11.8 Å². The summed E-state index contributed by atoms with van der Waals surface area (Å²) in [4.78, 5) is 32.6. The average molecular weight is 630 g/mol. The first kappa shape index (κ1) is 32.1. The average Bonchev–Trinajstić information content (AvgIpc) is 3.77. The summed E-state index contributed by atoms with van der Waals surface area (Å²) in [6.45, 7) is 0. The quantitative estimate of drug-likeness (QED) is 0.125. The second-order valence-corrected chi connectivity index (χ2v) is 11.8. The topological polar surface area (TPSA) is 116 Å². The van der Waals surface area contributed by atoms with Crippen molar-refractivity contribution in [3.05, 3.63) is 154 Å². The zero-order valence-electron chi connectivity index (χ0n) is 25.3. The number of carbonyl (C=O) groups is 2. The molecule has 0 bridgehead atoms. The number of rotatable bonds is 12. The van der Waals surface area contributed by atoms with Gasteiger partial charge in [0.15, 0.2) is 5.69 Å². The normalized spacial score (nSPS) is 10.6. The van der Waals surface area contributed by atoms with Crippen LogP contribution in [0.1, 0.15) is 55.8 Å². The van der Waals surface area contributed by atoms with Gasteiger partial charge in [-0.2, -0.15) is 0 Å². The van der Waals surface area contributed by atoms with Crippen molar-refractivity contribution < 1.29 is 19.8 Å². The lowest BCUT2D eigenvalue weighted by atomic mass is 10.0. The summed E-state index contributed by atoms with van der Waals surface area (Å²) in [6, 6.07) is 37.8. The van der Waals surface area contributed by atoms with Crippen LogP contribution in [0.3, 0.4) is 0 Å². The first-order chi connectivity index (χ1) is 22.4. The maximum absolute atomic E-state index is 10.8. The molecule has 232 valence electrons. The van der Waals surface area contributed by atoms with Crippen molar-refractivity contribution >= 4 is 23.3 Å². The second-order valence-electron chi connectivity index (χ2n) is 10.8. The number of aromatic carboxylic acids is 2. The SMILES string of the molecule is O=C(O)c1cnc(CCCc2ccc(-c3ccccc3)cc2)[nH]1.O=C(O)c1csc(CCCc2ccc(-c3ccccc3)cc2)n1. The van der Waals surface area contributed by atoms with Crippen LogP contribution in [0.25, 0.3) is 22.3 Å². The van der Waals surface area contributed by atoms with Gasteiger partial charge in [0.25, 0.3) is 0 Å². The van der Waals surface area contributed by atoms with E-state index < -0.39 is 11.9 Å². The molecular weight excluding hydrogens is 595 g/mol. The first-order valence-corrected chi connectivity index (χ1v) is 16.1. The molecule has 0 saturated heterocycles. The summed E-state index contributed by atoms with van der Waals surface area (Å²) in [5.74, 6) is -1.20. The molecule has 2 heterocycles. The van der Waals surface area contributed by atoms with Crippen LogP contribution in [0.5, 0.6) is 0 Å². The molecule has 0 aliphatic rings. The van der Waals surface area contributed by atoms with Crippen molar-refractivity contribution in [3.63, 3.8) is 0 Å². The predicted molar refractivity (Wildman–Crippen MR) is 182 cm³/mol. The number of benzene rings is 4. The largest absolute Gasteiger partial charge is 0.477 e. The van der Waals surface area contributed by atoms with Gasteiger partial charge in [-0.25, -0.2) is 19.6 Å². The zero-order chi connectivity index (χ0) is 32.1. The molecule has 0 radical (unpaired) electrons. The highest BCUT2D eigenvalue weighted by molar-refractivity contribution is 7.09. The number of thiazole rings is 1. The minimum atomic E-state index is -0.972. The van der Waals surface area contributed by atoms with Crippen LogP contribution in [0, 0.1) is 0 Å². The zero-order valence-corrected chi connectivity index (χ0v) is 26.1. The Morgan fingerprint density at radius 2 is 1.11 bits per heavy atom. The van der Waals surface area contributed by atoms with E-state index in [9.17, 15) is 9.59 Å². The molecule has 0 aliphatic heterocycles. The lowest BCUT2D eigenvalue weighted by Crippen LogP contribution is -1.97. The Morgan fingerprint density at radius 3 is 1.57 bits per heavy atom. The maximum Gasteiger partial charge on any atom is 0.355 e. The second kappa shape index (κ2) is 16.1. The van der Waals surface area contributed by atoms with E-state index in [1.165, 1.54) is 50.9 Å². The van der Waals surface area contributed by atoms with Crippen LogP contribution < -0.4 is 0 Å². The number of aryl methyl sites for hydroxylation is 4. The lowest BCUT2D eigenvalue weighted by molar-refractivity contribution is 0.0680. The van der Waals surface area contributed by atoms with Crippen LogP contribution in [0.2, 0.25) is 0 Å². The summed E-state index contributed by atoms with van der Waals surface area (Å²) in [6.07, 6.45) is 6.74. The van der Waals surface area contributed by atoms with Gasteiger partial charge in [-0.05, 0) is 65.5 Å². The molecule has 0 saturated carbocycles. The molecule has 3 N–H and O–H groups in total. The summed E-state index contributed by atoms with van der Waals surface area (Å²) < 4.78 is 0. The fourth-order valence-corrected chi connectivity index (χ4v) is 5.83. The van der Waals surface area contributed by atoms with Gasteiger partial charge in [-0.1, -0.05) is 109 Å². The monoisotopic (exact) mass is 629 g/mol. The number of imidazole rings is 1. The van der Waals surface area contributed by atoms with Gasteiger partial charge >= 0.3 is 11.9 Å². The fourth-order valence-electron chi connectivity index (χ4n) is 5.01. The Hall–Kier alpha value is -5.34. The Morgan fingerprint density at radius 1 is 0.609 bits per heavy atom. The predicted octanol–water partition coefficient (Wildman–Crippen LogP) is 8.63. The number of nitrogens with zero attached hydrogens (tertiary/aromatic N) is 2. The molecule has 0 spiro atoms. The lowest BCUT2D eigenvalue weighted by Gasteiger charge is -2.04. The van der Waals surface area contributed by atoms with Gasteiger partial charge in [0.2, 0.25) is 0 Å².